The van der Waals surface area contributed by atoms with Gasteiger partial charge in [0.25, 0.3) is 0 Å². The summed E-state index contributed by atoms with van der Waals surface area (Å²) in [7, 11) is 1.95. The van der Waals surface area contributed by atoms with Crippen LogP contribution in [-0.4, -0.2) is 36.5 Å². The maximum atomic E-state index is 12.0. The van der Waals surface area contributed by atoms with E-state index in [9.17, 15) is 9.59 Å². The van der Waals surface area contributed by atoms with E-state index in [4.69, 9.17) is 11.6 Å². The highest BCUT2D eigenvalue weighted by molar-refractivity contribution is 6.30. The van der Waals surface area contributed by atoms with E-state index in [1.165, 1.54) is 0 Å². The SMILES string of the molecule is CN(Cc1ccc(NC(=O)NCc2ccc(Cl)cc2)cc1)[C@H]1CCNC1=O. The molecule has 27 heavy (non-hydrogen) atoms. The van der Waals surface area contributed by atoms with Crippen molar-refractivity contribution in [2.75, 3.05) is 18.9 Å². The molecule has 0 spiro atoms. The van der Waals surface area contributed by atoms with Gasteiger partial charge in [-0.1, -0.05) is 35.9 Å². The Labute approximate surface area is 163 Å². The molecule has 3 amide bonds. The van der Waals surface area contributed by atoms with Crippen molar-refractivity contribution in [3.8, 4) is 0 Å². The van der Waals surface area contributed by atoms with Crippen LogP contribution >= 0.6 is 11.6 Å². The van der Waals surface area contributed by atoms with Crippen LogP contribution in [-0.2, 0) is 17.9 Å². The molecule has 1 aliphatic rings. The summed E-state index contributed by atoms with van der Waals surface area (Å²) in [6, 6.07) is 14.6. The van der Waals surface area contributed by atoms with Crippen molar-refractivity contribution in [3.63, 3.8) is 0 Å². The predicted molar refractivity (Wildman–Crippen MR) is 107 cm³/mol. The summed E-state index contributed by atoms with van der Waals surface area (Å²) >= 11 is 5.85. The summed E-state index contributed by atoms with van der Waals surface area (Å²) in [5, 5.41) is 9.14. The maximum absolute atomic E-state index is 12.0. The van der Waals surface area contributed by atoms with E-state index in [0.717, 1.165) is 24.1 Å². The van der Waals surface area contributed by atoms with Gasteiger partial charge in [-0.3, -0.25) is 9.69 Å². The number of urea groups is 1. The Morgan fingerprint density at radius 3 is 2.44 bits per heavy atom. The minimum absolute atomic E-state index is 0.0681. The molecule has 0 aliphatic carbocycles. The van der Waals surface area contributed by atoms with Crippen LogP contribution in [0, 0.1) is 0 Å². The lowest BCUT2D eigenvalue weighted by molar-refractivity contribution is -0.123. The molecule has 1 atom stereocenters. The van der Waals surface area contributed by atoms with Gasteiger partial charge in [0.2, 0.25) is 5.91 Å². The number of amides is 3. The van der Waals surface area contributed by atoms with Crippen LogP contribution in [0.1, 0.15) is 17.5 Å². The largest absolute Gasteiger partial charge is 0.355 e. The van der Waals surface area contributed by atoms with Crippen LogP contribution in [0.5, 0.6) is 0 Å². The van der Waals surface area contributed by atoms with Crippen LogP contribution < -0.4 is 16.0 Å². The van der Waals surface area contributed by atoms with E-state index in [0.29, 0.717) is 23.8 Å². The van der Waals surface area contributed by atoms with Gasteiger partial charge in [0.05, 0.1) is 6.04 Å². The van der Waals surface area contributed by atoms with Gasteiger partial charge in [0, 0.05) is 30.3 Å². The first-order valence-electron chi connectivity index (χ1n) is 8.87. The summed E-state index contributed by atoms with van der Waals surface area (Å²) in [4.78, 5) is 25.8. The van der Waals surface area contributed by atoms with Crippen LogP contribution in [0.3, 0.4) is 0 Å². The number of anilines is 1. The lowest BCUT2D eigenvalue weighted by Gasteiger charge is -2.22. The molecule has 2 aromatic rings. The second-order valence-corrected chi connectivity index (χ2v) is 7.08. The third kappa shape index (κ3) is 5.45. The molecule has 0 radical (unpaired) electrons. The molecular formula is C20H23ClN4O2. The lowest BCUT2D eigenvalue weighted by Crippen LogP contribution is -2.37. The highest BCUT2D eigenvalue weighted by Crippen LogP contribution is 2.15. The zero-order valence-electron chi connectivity index (χ0n) is 15.2. The van der Waals surface area contributed by atoms with Crippen LogP contribution in [0.2, 0.25) is 5.02 Å². The molecule has 3 N–H and O–H groups in total. The highest BCUT2D eigenvalue weighted by Gasteiger charge is 2.27. The number of carbonyl (C=O) groups is 2. The van der Waals surface area contributed by atoms with Gasteiger partial charge in [-0.25, -0.2) is 4.79 Å². The number of benzene rings is 2. The topological polar surface area (TPSA) is 73.5 Å². The molecule has 7 heteroatoms. The Balaban J connectivity index is 1.47. The van der Waals surface area contributed by atoms with Crippen molar-refractivity contribution < 1.29 is 9.59 Å². The summed E-state index contributed by atoms with van der Waals surface area (Å²) in [5.74, 6) is 0.0909. The third-order valence-electron chi connectivity index (χ3n) is 4.56. The second kappa shape index (κ2) is 8.88. The molecule has 3 rings (SSSR count). The molecule has 0 unspecified atom stereocenters. The van der Waals surface area contributed by atoms with E-state index < -0.39 is 0 Å². The monoisotopic (exact) mass is 386 g/mol. The first-order valence-corrected chi connectivity index (χ1v) is 9.25. The van der Waals surface area contributed by atoms with Gasteiger partial charge in [-0.05, 0) is 48.9 Å². The Hall–Kier alpha value is -2.57. The fourth-order valence-corrected chi connectivity index (χ4v) is 3.18. The quantitative estimate of drug-likeness (QED) is 0.714. The number of likely N-dealkylation sites (N-methyl/N-ethyl adjacent to an activating group) is 1. The van der Waals surface area contributed by atoms with Crippen molar-refractivity contribution in [3.05, 3.63) is 64.7 Å². The zero-order valence-corrected chi connectivity index (χ0v) is 15.9. The number of hydrogen-bond donors (Lipinski definition) is 3. The van der Waals surface area contributed by atoms with E-state index in [1.807, 2.05) is 48.3 Å². The summed E-state index contributed by atoms with van der Waals surface area (Å²) < 4.78 is 0. The number of nitrogens with one attached hydrogen (secondary N) is 3. The summed E-state index contributed by atoms with van der Waals surface area (Å²) in [6.07, 6.45) is 0.836. The fraction of sp³-hybridized carbons (Fsp3) is 0.300. The van der Waals surface area contributed by atoms with Crippen LogP contribution in [0.15, 0.2) is 48.5 Å². The van der Waals surface area contributed by atoms with Gasteiger partial charge >= 0.3 is 6.03 Å². The first-order chi connectivity index (χ1) is 13.0. The van der Waals surface area contributed by atoms with E-state index in [-0.39, 0.29) is 18.0 Å². The minimum Gasteiger partial charge on any atom is -0.355 e. The first kappa shape index (κ1) is 19.2. The number of rotatable bonds is 6. The molecular weight excluding hydrogens is 364 g/mol. The number of carbonyl (C=O) groups excluding carboxylic acids is 2. The predicted octanol–water partition coefficient (Wildman–Crippen LogP) is 2.98. The maximum Gasteiger partial charge on any atom is 0.319 e. The molecule has 1 fully saturated rings. The summed E-state index contributed by atoms with van der Waals surface area (Å²) in [5.41, 5.74) is 2.78. The van der Waals surface area contributed by atoms with Gasteiger partial charge in [-0.15, -0.1) is 0 Å². The highest BCUT2D eigenvalue weighted by atomic mass is 35.5. The number of hydrogen-bond acceptors (Lipinski definition) is 3. The van der Waals surface area contributed by atoms with Crippen molar-refractivity contribution in [1.82, 2.24) is 15.5 Å². The molecule has 1 aliphatic heterocycles. The normalized spacial score (nSPS) is 16.3. The van der Waals surface area contributed by atoms with Crippen molar-refractivity contribution in [1.29, 1.82) is 0 Å². The van der Waals surface area contributed by atoms with E-state index in [2.05, 4.69) is 16.0 Å². The van der Waals surface area contributed by atoms with Gasteiger partial charge in [0.1, 0.15) is 0 Å². The third-order valence-corrected chi connectivity index (χ3v) is 4.81. The van der Waals surface area contributed by atoms with Gasteiger partial charge in [-0.2, -0.15) is 0 Å². The number of halogens is 1. The van der Waals surface area contributed by atoms with Crippen LogP contribution in [0.25, 0.3) is 0 Å². The average Bonchev–Trinajstić information content (AvgIpc) is 3.09. The van der Waals surface area contributed by atoms with Crippen molar-refractivity contribution in [2.45, 2.75) is 25.6 Å². The molecule has 0 bridgehead atoms. The summed E-state index contributed by atoms with van der Waals surface area (Å²) in [6.45, 7) is 1.85. The van der Waals surface area contributed by atoms with E-state index in [1.54, 1.807) is 12.1 Å². The smallest absolute Gasteiger partial charge is 0.319 e. The fourth-order valence-electron chi connectivity index (χ4n) is 3.05. The van der Waals surface area contributed by atoms with Crippen molar-refractivity contribution >= 4 is 29.2 Å². The Morgan fingerprint density at radius 1 is 1.15 bits per heavy atom. The molecule has 2 aromatic carbocycles. The Morgan fingerprint density at radius 2 is 1.81 bits per heavy atom. The molecule has 6 nitrogen and oxygen atoms in total. The minimum atomic E-state index is -0.266. The molecule has 0 aromatic heterocycles. The van der Waals surface area contributed by atoms with Gasteiger partial charge in [0.15, 0.2) is 0 Å². The molecule has 1 saturated heterocycles. The molecule has 1 heterocycles. The molecule has 142 valence electrons. The lowest BCUT2D eigenvalue weighted by atomic mass is 10.1. The van der Waals surface area contributed by atoms with E-state index >= 15 is 0 Å². The van der Waals surface area contributed by atoms with Gasteiger partial charge < -0.3 is 16.0 Å². The number of nitrogens with zero attached hydrogens (tertiary/aromatic N) is 1. The Bertz CT molecular complexity index is 793. The standard InChI is InChI=1S/C20H23ClN4O2/c1-25(18-10-11-22-19(18)26)13-15-4-8-17(9-5-15)24-20(27)23-12-14-2-6-16(21)7-3-14/h2-9,18H,10-13H2,1H3,(H,22,26)(H2,23,24,27)/t18-/m0/s1. The zero-order chi connectivity index (χ0) is 19.2. The second-order valence-electron chi connectivity index (χ2n) is 6.64. The average molecular weight is 387 g/mol. The Kier molecular flexibility index (Phi) is 6.32. The molecule has 0 saturated carbocycles. The van der Waals surface area contributed by atoms with Crippen molar-refractivity contribution in [2.24, 2.45) is 0 Å². The van der Waals surface area contributed by atoms with Crippen LogP contribution in [0.4, 0.5) is 10.5 Å².